The average Bonchev–Trinajstić information content (AvgIpc) is 2.35. The topological polar surface area (TPSA) is 3.24 Å². The molecule has 2 fully saturated rings. The molecule has 1 unspecified atom stereocenters. The summed E-state index contributed by atoms with van der Waals surface area (Å²) in [6.07, 6.45) is 2.93. The van der Waals surface area contributed by atoms with E-state index in [1.165, 1.54) is 25.1 Å². The summed E-state index contributed by atoms with van der Waals surface area (Å²) in [5, 5.41) is 0. The van der Waals surface area contributed by atoms with Gasteiger partial charge in [0.15, 0.2) is 0 Å². The Kier molecular flexibility index (Phi) is 1.73. The lowest BCUT2D eigenvalue weighted by Gasteiger charge is -2.17. The molecular formula is C6H12NPS. The molecule has 2 aliphatic rings. The van der Waals surface area contributed by atoms with E-state index in [2.05, 4.69) is 22.7 Å². The third-order valence-electron chi connectivity index (χ3n) is 2.16. The van der Waals surface area contributed by atoms with Crippen LogP contribution in [0.3, 0.4) is 0 Å². The monoisotopic (exact) mass is 161 g/mol. The van der Waals surface area contributed by atoms with Gasteiger partial charge in [-0.3, -0.25) is 4.67 Å². The van der Waals surface area contributed by atoms with E-state index in [0.29, 0.717) is 0 Å². The van der Waals surface area contributed by atoms with Crippen LogP contribution >= 0.6 is 18.7 Å². The van der Waals surface area contributed by atoms with Crippen molar-refractivity contribution in [3.63, 3.8) is 0 Å². The van der Waals surface area contributed by atoms with Crippen LogP contribution in [-0.4, -0.2) is 29.7 Å². The Morgan fingerprint density at radius 3 is 3.33 bits per heavy atom. The molecule has 0 aromatic carbocycles. The maximum absolute atomic E-state index is 2.71. The van der Waals surface area contributed by atoms with E-state index < -0.39 is 0 Å². The van der Waals surface area contributed by atoms with Crippen LogP contribution in [0.5, 0.6) is 0 Å². The maximum atomic E-state index is 2.71. The van der Waals surface area contributed by atoms with E-state index in [1.54, 1.807) is 0 Å². The summed E-state index contributed by atoms with van der Waals surface area (Å²) < 4.78 is 2.71. The number of hydrogen-bond acceptors (Lipinski definition) is 2. The maximum Gasteiger partial charge on any atom is 0.0236 e. The SMILES string of the molecule is CP1SC[C@@H]2CCCN21. The molecule has 2 heterocycles. The average molecular weight is 161 g/mol. The van der Waals surface area contributed by atoms with E-state index in [0.717, 1.165) is 6.04 Å². The Labute approximate surface area is 61.7 Å². The molecule has 2 rings (SSSR count). The van der Waals surface area contributed by atoms with Crippen molar-refractivity contribution in [1.82, 2.24) is 4.67 Å². The van der Waals surface area contributed by atoms with Crippen molar-refractivity contribution >= 4 is 18.7 Å². The van der Waals surface area contributed by atoms with Gasteiger partial charge in [-0.2, -0.15) is 0 Å². The van der Waals surface area contributed by atoms with Gasteiger partial charge in [0.2, 0.25) is 0 Å². The van der Waals surface area contributed by atoms with Crippen molar-refractivity contribution < 1.29 is 0 Å². The fourth-order valence-electron chi connectivity index (χ4n) is 1.63. The quantitative estimate of drug-likeness (QED) is 0.501. The standard InChI is InChI=1S/C6H12NPS/c1-8-7-4-2-3-6(7)5-9-8/h6H,2-5H2,1H3/t6-,8?/m0/s1. The van der Waals surface area contributed by atoms with Gasteiger partial charge in [0, 0.05) is 25.6 Å². The molecule has 0 aliphatic carbocycles. The molecule has 0 radical (unpaired) electrons. The molecule has 0 spiro atoms. The van der Waals surface area contributed by atoms with Crippen LogP contribution in [0.2, 0.25) is 0 Å². The van der Waals surface area contributed by atoms with Crippen LogP contribution in [0.25, 0.3) is 0 Å². The molecule has 3 heteroatoms. The van der Waals surface area contributed by atoms with Crippen LogP contribution in [0.4, 0.5) is 0 Å². The highest BCUT2D eigenvalue weighted by molar-refractivity contribution is 8.55. The number of hydrogen-bond donors (Lipinski definition) is 0. The van der Waals surface area contributed by atoms with Crippen LogP contribution in [0.15, 0.2) is 0 Å². The van der Waals surface area contributed by atoms with Crippen LogP contribution in [0.1, 0.15) is 12.8 Å². The van der Waals surface area contributed by atoms with Gasteiger partial charge in [0.1, 0.15) is 0 Å². The Hall–Kier alpha value is 0.740. The second-order valence-corrected chi connectivity index (χ2v) is 7.11. The highest BCUT2D eigenvalue weighted by Crippen LogP contribution is 2.59. The molecule has 0 aromatic rings. The molecule has 0 N–H and O–H groups in total. The molecule has 2 saturated heterocycles. The van der Waals surface area contributed by atoms with Crippen molar-refractivity contribution in [2.45, 2.75) is 18.9 Å². The summed E-state index contributed by atoms with van der Waals surface area (Å²) in [5.41, 5.74) is 0. The van der Waals surface area contributed by atoms with Gasteiger partial charge >= 0.3 is 0 Å². The summed E-state index contributed by atoms with van der Waals surface area (Å²) in [5.74, 6) is 1.42. The van der Waals surface area contributed by atoms with Crippen molar-refractivity contribution in [3.8, 4) is 0 Å². The largest absolute Gasteiger partial charge is 0.270 e. The van der Waals surface area contributed by atoms with Crippen molar-refractivity contribution in [1.29, 1.82) is 0 Å². The van der Waals surface area contributed by atoms with Crippen LogP contribution in [-0.2, 0) is 0 Å². The van der Waals surface area contributed by atoms with Crippen molar-refractivity contribution in [2.24, 2.45) is 0 Å². The predicted octanol–water partition coefficient (Wildman–Crippen LogP) is 2.14. The first-order chi connectivity index (χ1) is 4.38. The zero-order valence-electron chi connectivity index (χ0n) is 5.71. The first-order valence-corrected chi connectivity index (χ1v) is 6.84. The Balaban J connectivity index is 2.07. The van der Waals surface area contributed by atoms with E-state index in [1.807, 2.05) is 0 Å². The normalized spacial score (nSPS) is 43.7. The lowest BCUT2D eigenvalue weighted by molar-refractivity contribution is 0.473. The van der Waals surface area contributed by atoms with E-state index in [-0.39, 0.29) is 7.27 Å². The molecule has 9 heavy (non-hydrogen) atoms. The summed E-state index contributed by atoms with van der Waals surface area (Å²) in [7, 11) is 0.245. The van der Waals surface area contributed by atoms with Gasteiger partial charge in [0.05, 0.1) is 0 Å². The van der Waals surface area contributed by atoms with Gasteiger partial charge in [-0.05, 0) is 19.5 Å². The first-order valence-electron chi connectivity index (χ1n) is 3.51. The van der Waals surface area contributed by atoms with Crippen molar-refractivity contribution in [3.05, 3.63) is 0 Å². The van der Waals surface area contributed by atoms with Gasteiger partial charge in [-0.1, -0.05) is 0 Å². The summed E-state index contributed by atoms with van der Waals surface area (Å²) in [6.45, 7) is 3.78. The zero-order chi connectivity index (χ0) is 6.27. The number of nitrogens with zero attached hydrogens (tertiary/aromatic N) is 1. The summed E-state index contributed by atoms with van der Waals surface area (Å²) >= 11 is 2.18. The van der Waals surface area contributed by atoms with Crippen molar-refractivity contribution in [2.75, 3.05) is 19.0 Å². The van der Waals surface area contributed by atoms with Gasteiger partial charge in [-0.15, -0.1) is 11.4 Å². The molecule has 0 saturated carbocycles. The van der Waals surface area contributed by atoms with Gasteiger partial charge in [-0.25, -0.2) is 0 Å². The molecule has 0 aromatic heterocycles. The number of rotatable bonds is 0. The lowest BCUT2D eigenvalue weighted by Crippen LogP contribution is -2.18. The fourth-order valence-corrected chi connectivity index (χ4v) is 5.96. The third-order valence-corrected chi connectivity index (χ3v) is 6.52. The van der Waals surface area contributed by atoms with E-state index >= 15 is 0 Å². The molecule has 2 atom stereocenters. The Morgan fingerprint density at radius 1 is 1.67 bits per heavy atom. The zero-order valence-corrected chi connectivity index (χ0v) is 7.42. The highest BCUT2D eigenvalue weighted by Gasteiger charge is 2.34. The lowest BCUT2D eigenvalue weighted by atomic mass is 10.3. The van der Waals surface area contributed by atoms with E-state index in [9.17, 15) is 0 Å². The van der Waals surface area contributed by atoms with E-state index in [4.69, 9.17) is 0 Å². The third kappa shape index (κ3) is 1.02. The first kappa shape index (κ1) is 6.45. The molecule has 0 bridgehead atoms. The second-order valence-electron chi connectivity index (χ2n) is 2.72. The minimum atomic E-state index is 0.245. The van der Waals surface area contributed by atoms with Crippen LogP contribution < -0.4 is 0 Å². The second kappa shape index (κ2) is 2.41. The van der Waals surface area contributed by atoms with Gasteiger partial charge < -0.3 is 0 Å². The van der Waals surface area contributed by atoms with Crippen LogP contribution in [0, 0.1) is 0 Å². The Bertz CT molecular complexity index is 120. The molecule has 0 amide bonds. The predicted molar refractivity (Wildman–Crippen MR) is 45.0 cm³/mol. The number of fused-ring (bicyclic) bond motifs is 1. The molecule has 2 aliphatic heterocycles. The minimum Gasteiger partial charge on any atom is -0.270 e. The summed E-state index contributed by atoms with van der Waals surface area (Å²) in [4.78, 5) is 0. The minimum absolute atomic E-state index is 0.245. The van der Waals surface area contributed by atoms with Gasteiger partial charge in [0.25, 0.3) is 0 Å². The fraction of sp³-hybridized carbons (Fsp3) is 1.00. The molecule has 1 nitrogen and oxygen atoms in total. The molecular weight excluding hydrogens is 149 g/mol. The highest BCUT2D eigenvalue weighted by atomic mass is 32.7. The Morgan fingerprint density at radius 2 is 2.56 bits per heavy atom. The summed E-state index contributed by atoms with van der Waals surface area (Å²) in [6, 6.07) is 0.978. The molecule has 52 valence electrons. The smallest absolute Gasteiger partial charge is 0.0236 e.